The first-order valence-electron chi connectivity index (χ1n) is 10.2. The summed E-state index contributed by atoms with van der Waals surface area (Å²) in [5.74, 6) is 2.59. The van der Waals surface area contributed by atoms with Crippen molar-refractivity contribution in [2.45, 2.75) is 44.4 Å². The van der Waals surface area contributed by atoms with Gasteiger partial charge in [-0.25, -0.2) is 0 Å². The quantitative estimate of drug-likeness (QED) is 0.630. The summed E-state index contributed by atoms with van der Waals surface area (Å²) < 4.78 is 17.0. The van der Waals surface area contributed by atoms with E-state index in [0.717, 1.165) is 54.9 Å². The molecule has 5 heteroatoms. The predicted octanol–water partition coefficient (Wildman–Crippen LogP) is 4.73. The van der Waals surface area contributed by atoms with Gasteiger partial charge >= 0.3 is 0 Å². The lowest BCUT2D eigenvalue weighted by atomic mass is 9.92. The summed E-state index contributed by atoms with van der Waals surface area (Å²) in [6.07, 6.45) is 8.34. The molecule has 0 unspecified atom stereocenters. The van der Waals surface area contributed by atoms with E-state index in [1.807, 2.05) is 30.6 Å². The van der Waals surface area contributed by atoms with Crippen LogP contribution in [0.4, 0.5) is 0 Å². The number of pyridine rings is 1. The Kier molecular flexibility index (Phi) is 6.15. The number of nitrogens with one attached hydrogen (secondary N) is 1. The maximum atomic E-state index is 6.25. The zero-order chi connectivity index (χ0) is 20.1. The van der Waals surface area contributed by atoms with Gasteiger partial charge in [-0.2, -0.15) is 0 Å². The molecule has 0 radical (unpaired) electrons. The molecule has 0 aliphatic heterocycles. The Morgan fingerprint density at radius 2 is 1.62 bits per heavy atom. The van der Waals surface area contributed by atoms with Crippen LogP contribution in [0, 0.1) is 0 Å². The number of hydrogen-bond donors (Lipinski definition) is 1. The number of methoxy groups -OCH3 is 2. The van der Waals surface area contributed by atoms with E-state index in [0.29, 0.717) is 6.04 Å². The van der Waals surface area contributed by atoms with Gasteiger partial charge < -0.3 is 19.5 Å². The minimum Gasteiger partial charge on any atom is -0.497 e. The lowest BCUT2D eigenvalue weighted by molar-refractivity contribution is 0.139. The molecular weight excluding hydrogens is 364 g/mol. The van der Waals surface area contributed by atoms with Crippen LogP contribution in [-0.4, -0.2) is 31.3 Å². The molecule has 1 fully saturated rings. The zero-order valence-corrected chi connectivity index (χ0v) is 17.1. The van der Waals surface area contributed by atoms with E-state index in [-0.39, 0.29) is 6.10 Å². The number of fused-ring (bicyclic) bond motifs is 1. The van der Waals surface area contributed by atoms with Crippen molar-refractivity contribution in [1.82, 2.24) is 10.3 Å². The van der Waals surface area contributed by atoms with Crippen molar-refractivity contribution in [2.24, 2.45) is 0 Å². The van der Waals surface area contributed by atoms with Gasteiger partial charge in [-0.05, 0) is 73.0 Å². The third-order valence-corrected chi connectivity index (χ3v) is 5.60. The molecule has 0 amide bonds. The van der Waals surface area contributed by atoms with Crippen LogP contribution >= 0.6 is 0 Å². The summed E-state index contributed by atoms with van der Waals surface area (Å²) in [5.41, 5.74) is 1.17. The molecule has 5 nitrogen and oxygen atoms in total. The number of benzene rings is 2. The number of aromatic nitrogens is 1. The molecule has 0 atom stereocenters. The van der Waals surface area contributed by atoms with E-state index in [1.165, 1.54) is 10.9 Å². The van der Waals surface area contributed by atoms with Crippen molar-refractivity contribution in [3.8, 4) is 17.2 Å². The highest BCUT2D eigenvalue weighted by Crippen LogP contribution is 2.27. The van der Waals surface area contributed by atoms with Crippen molar-refractivity contribution >= 4 is 10.8 Å². The van der Waals surface area contributed by atoms with Gasteiger partial charge in [0.25, 0.3) is 0 Å². The molecule has 2 aromatic carbocycles. The van der Waals surface area contributed by atoms with Gasteiger partial charge in [0.2, 0.25) is 0 Å². The lowest BCUT2D eigenvalue weighted by Gasteiger charge is -2.30. The molecule has 0 bridgehead atoms. The van der Waals surface area contributed by atoms with Gasteiger partial charge in [-0.15, -0.1) is 0 Å². The van der Waals surface area contributed by atoms with Gasteiger partial charge in [0, 0.05) is 36.4 Å². The topological polar surface area (TPSA) is 52.6 Å². The summed E-state index contributed by atoms with van der Waals surface area (Å²) in [4.78, 5) is 4.16. The Morgan fingerprint density at radius 1 is 0.862 bits per heavy atom. The average Bonchev–Trinajstić information content (AvgIpc) is 2.78. The fourth-order valence-corrected chi connectivity index (χ4v) is 3.94. The van der Waals surface area contributed by atoms with E-state index in [2.05, 4.69) is 34.6 Å². The van der Waals surface area contributed by atoms with Gasteiger partial charge in [0.1, 0.15) is 17.2 Å². The molecule has 1 heterocycles. The SMILES string of the molecule is COc1cc(CNC2CCC(Oc3ccc4cnccc4c3)CC2)cc(OC)c1. The Hall–Kier alpha value is -2.79. The summed E-state index contributed by atoms with van der Waals surface area (Å²) >= 11 is 0. The second-order valence-corrected chi connectivity index (χ2v) is 7.58. The fraction of sp³-hybridized carbons (Fsp3) is 0.375. The molecule has 4 rings (SSSR count). The Labute approximate surface area is 172 Å². The van der Waals surface area contributed by atoms with Gasteiger partial charge in [0.05, 0.1) is 20.3 Å². The molecule has 1 saturated carbocycles. The normalized spacial score (nSPS) is 19.1. The molecular formula is C24H28N2O3. The number of nitrogens with zero attached hydrogens (tertiary/aromatic N) is 1. The molecule has 152 valence electrons. The van der Waals surface area contributed by atoms with Crippen molar-refractivity contribution < 1.29 is 14.2 Å². The molecule has 1 N–H and O–H groups in total. The van der Waals surface area contributed by atoms with Crippen molar-refractivity contribution in [3.05, 3.63) is 60.4 Å². The number of ether oxygens (including phenoxy) is 3. The van der Waals surface area contributed by atoms with Crippen LogP contribution in [0.15, 0.2) is 54.9 Å². The van der Waals surface area contributed by atoms with Gasteiger partial charge in [-0.3, -0.25) is 4.98 Å². The summed E-state index contributed by atoms with van der Waals surface area (Å²) in [6.45, 7) is 0.808. The highest BCUT2D eigenvalue weighted by Gasteiger charge is 2.22. The Bertz CT molecular complexity index is 930. The highest BCUT2D eigenvalue weighted by molar-refractivity contribution is 5.82. The van der Waals surface area contributed by atoms with E-state index in [9.17, 15) is 0 Å². The minimum absolute atomic E-state index is 0.282. The minimum atomic E-state index is 0.282. The summed E-state index contributed by atoms with van der Waals surface area (Å²) in [7, 11) is 3.36. The van der Waals surface area contributed by atoms with Crippen LogP contribution in [0.1, 0.15) is 31.2 Å². The second-order valence-electron chi connectivity index (χ2n) is 7.58. The average molecular weight is 392 g/mol. The lowest BCUT2D eigenvalue weighted by Crippen LogP contribution is -2.35. The first-order valence-corrected chi connectivity index (χ1v) is 10.2. The maximum Gasteiger partial charge on any atom is 0.122 e. The first kappa shape index (κ1) is 19.5. The number of rotatable bonds is 7. The van der Waals surface area contributed by atoms with Crippen LogP contribution in [0.2, 0.25) is 0 Å². The summed E-state index contributed by atoms with van der Waals surface area (Å²) in [6, 6.07) is 14.8. The van der Waals surface area contributed by atoms with Gasteiger partial charge in [-0.1, -0.05) is 0 Å². The monoisotopic (exact) mass is 392 g/mol. The molecule has 1 aliphatic rings. The third kappa shape index (κ3) is 4.98. The van der Waals surface area contributed by atoms with Crippen LogP contribution in [-0.2, 0) is 6.54 Å². The maximum absolute atomic E-state index is 6.25. The highest BCUT2D eigenvalue weighted by atomic mass is 16.5. The van der Waals surface area contributed by atoms with E-state index >= 15 is 0 Å². The molecule has 3 aromatic rings. The van der Waals surface area contributed by atoms with E-state index in [1.54, 1.807) is 14.2 Å². The van der Waals surface area contributed by atoms with Crippen LogP contribution < -0.4 is 19.5 Å². The van der Waals surface area contributed by atoms with E-state index in [4.69, 9.17) is 14.2 Å². The second kappa shape index (κ2) is 9.14. The molecule has 0 spiro atoms. The van der Waals surface area contributed by atoms with Crippen LogP contribution in [0.5, 0.6) is 17.2 Å². The van der Waals surface area contributed by atoms with Crippen molar-refractivity contribution in [1.29, 1.82) is 0 Å². The third-order valence-electron chi connectivity index (χ3n) is 5.60. The van der Waals surface area contributed by atoms with Crippen LogP contribution in [0.25, 0.3) is 10.8 Å². The smallest absolute Gasteiger partial charge is 0.122 e. The molecule has 1 aromatic heterocycles. The zero-order valence-electron chi connectivity index (χ0n) is 17.1. The molecule has 0 saturated heterocycles. The Balaban J connectivity index is 1.28. The van der Waals surface area contributed by atoms with Crippen LogP contribution in [0.3, 0.4) is 0 Å². The van der Waals surface area contributed by atoms with E-state index < -0.39 is 0 Å². The summed E-state index contributed by atoms with van der Waals surface area (Å²) in [5, 5.41) is 5.98. The Morgan fingerprint density at radius 3 is 2.34 bits per heavy atom. The molecule has 1 aliphatic carbocycles. The van der Waals surface area contributed by atoms with Gasteiger partial charge in [0.15, 0.2) is 0 Å². The van der Waals surface area contributed by atoms with Crippen molar-refractivity contribution in [3.63, 3.8) is 0 Å². The number of hydrogen-bond acceptors (Lipinski definition) is 5. The first-order chi connectivity index (χ1) is 14.2. The standard InChI is InChI=1S/C24H28N2O3/c1-27-23-11-17(12-24(14-23)28-2)15-26-20-4-7-21(8-5-20)29-22-6-3-19-16-25-10-9-18(19)13-22/h3,6,9-14,16,20-21,26H,4-5,7-8,15H2,1-2H3. The predicted molar refractivity (Wildman–Crippen MR) is 115 cm³/mol. The molecule has 29 heavy (non-hydrogen) atoms. The van der Waals surface area contributed by atoms with Crippen molar-refractivity contribution in [2.75, 3.05) is 14.2 Å². The largest absolute Gasteiger partial charge is 0.497 e. The fourth-order valence-electron chi connectivity index (χ4n) is 3.94.